The van der Waals surface area contributed by atoms with E-state index in [-0.39, 0.29) is 13.0 Å². The van der Waals surface area contributed by atoms with Crippen LogP contribution in [0, 0.1) is 5.92 Å². The lowest BCUT2D eigenvalue weighted by atomic mass is 9.95. The van der Waals surface area contributed by atoms with Crippen molar-refractivity contribution in [2.45, 2.75) is 95.7 Å². The molecule has 0 fully saturated rings. The van der Waals surface area contributed by atoms with E-state index in [9.17, 15) is 24.3 Å². The molecular weight excluding hydrogens is 428 g/mol. The van der Waals surface area contributed by atoms with Gasteiger partial charge in [0.2, 0.25) is 0 Å². The molecule has 0 aromatic rings. The summed E-state index contributed by atoms with van der Waals surface area (Å²) < 4.78 is 0. The van der Waals surface area contributed by atoms with Crippen molar-refractivity contribution in [3.05, 3.63) is 0 Å². The van der Waals surface area contributed by atoms with Crippen molar-refractivity contribution in [3.63, 3.8) is 0 Å². The highest BCUT2D eigenvalue weighted by molar-refractivity contribution is 5.88. The van der Waals surface area contributed by atoms with Crippen LogP contribution in [0.3, 0.4) is 0 Å². The summed E-state index contributed by atoms with van der Waals surface area (Å²) in [5, 5.41) is 60.9. The Hall–Kier alpha value is -2.24. The fraction of sp³-hybridized carbons (Fsp3) is 0.810. The highest BCUT2D eigenvalue weighted by atomic mass is 16.4. The highest BCUT2D eigenvalue weighted by Crippen LogP contribution is 2.18. The zero-order valence-corrected chi connectivity index (χ0v) is 18.6. The SMILES string of the molecule is CCCCCCCCCCC(CC(O)CO)C(=O)O.O=C(O)CC(O)(CC(=O)O)C(=O)O. The van der Waals surface area contributed by atoms with E-state index < -0.39 is 54.3 Å². The molecule has 32 heavy (non-hydrogen) atoms. The lowest BCUT2D eigenvalue weighted by Gasteiger charge is -2.18. The van der Waals surface area contributed by atoms with E-state index >= 15 is 0 Å². The lowest BCUT2D eigenvalue weighted by molar-refractivity contribution is -0.170. The van der Waals surface area contributed by atoms with Gasteiger partial charge in [0.1, 0.15) is 0 Å². The van der Waals surface area contributed by atoms with Crippen molar-refractivity contribution in [2.75, 3.05) is 6.61 Å². The molecule has 0 bridgehead atoms. The Morgan fingerprint density at radius 1 is 0.781 bits per heavy atom. The van der Waals surface area contributed by atoms with Crippen LogP contribution >= 0.6 is 0 Å². The number of carboxylic acid groups (broad SMARTS) is 4. The largest absolute Gasteiger partial charge is 0.481 e. The molecule has 0 aliphatic carbocycles. The third-order valence-electron chi connectivity index (χ3n) is 4.81. The van der Waals surface area contributed by atoms with E-state index in [0.717, 1.165) is 12.8 Å². The second kappa shape index (κ2) is 18.3. The number of rotatable bonds is 18. The van der Waals surface area contributed by atoms with Crippen molar-refractivity contribution in [2.24, 2.45) is 5.92 Å². The quantitative estimate of drug-likeness (QED) is 0.144. The van der Waals surface area contributed by atoms with Gasteiger partial charge in [0.25, 0.3) is 0 Å². The summed E-state index contributed by atoms with van der Waals surface area (Å²) in [6.07, 6.45) is 7.05. The Balaban J connectivity index is 0. The van der Waals surface area contributed by atoms with Crippen molar-refractivity contribution >= 4 is 23.9 Å². The van der Waals surface area contributed by atoms with E-state index in [1.54, 1.807) is 0 Å². The average Bonchev–Trinajstić information content (AvgIpc) is 2.67. The van der Waals surface area contributed by atoms with E-state index in [0.29, 0.717) is 6.42 Å². The normalized spacial score (nSPS) is 12.9. The van der Waals surface area contributed by atoms with Crippen molar-refractivity contribution in [3.8, 4) is 0 Å². The molecule has 2 atom stereocenters. The Labute approximate surface area is 187 Å². The summed E-state index contributed by atoms with van der Waals surface area (Å²) in [5.74, 6) is -6.41. The van der Waals surface area contributed by atoms with Crippen molar-refractivity contribution in [1.82, 2.24) is 0 Å². The van der Waals surface area contributed by atoms with E-state index in [4.69, 9.17) is 30.6 Å². The number of carbonyl (C=O) groups is 4. The van der Waals surface area contributed by atoms with E-state index in [1.165, 1.54) is 38.5 Å². The molecule has 7 N–H and O–H groups in total. The van der Waals surface area contributed by atoms with Crippen LogP contribution in [0.1, 0.15) is 84.0 Å². The fourth-order valence-electron chi connectivity index (χ4n) is 2.98. The third kappa shape index (κ3) is 17.4. The first kappa shape index (κ1) is 31.9. The molecular formula is C21H38O11. The van der Waals surface area contributed by atoms with Crippen LogP contribution in [-0.2, 0) is 19.2 Å². The van der Waals surface area contributed by atoms with Crippen LogP contribution in [-0.4, -0.2) is 77.9 Å². The number of unbranched alkanes of at least 4 members (excludes halogenated alkanes) is 7. The van der Waals surface area contributed by atoms with Gasteiger partial charge >= 0.3 is 23.9 Å². The zero-order chi connectivity index (χ0) is 25.2. The fourth-order valence-corrected chi connectivity index (χ4v) is 2.98. The molecule has 0 aromatic heterocycles. The van der Waals surface area contributed by atoms with Crippen LogP contribution in [0.15, 0.2) is 0 Å². The predicted octanol–water partition coefficient (Wildman–Crippen LogP) is 1.71. The third-order valence-corrected chi connectivity index (χ3v) is 4.81. The van der Waals surface area contributed by atoms with Crippen molar-refractivity contribution in [1.29, 1.82) is 0 Å². The van der Waals surface area contributed by atoms with Gasteiger partial charge < -0.3 is 35.7 Å². The standard InChI is InChI=1S/C15H30O4.C6H8O7/c1-2-3-4-5-6-7-8-9-10-13(15(18)19)11-14(17)12-16;7-3(8)1-6(13,5(11)12)2-4(9)10/h13-14,16-17H,2-12H2,1H3,(H,18,19);13H,1-2H2,(H,7,8)(H,9,10)(H,11,12). The first-order valence-corrected chi connectivity index (χ1v) is 10.8. The minimum absolute atomic E-state index is 0.155. The summed E-state index contributed by atoms with van der Waals surface area (Å²) in [4.78, 5) is 41.5. The number of hydrogen-bond acceptors (Lipinski definition) is 7. The Morgan fingerprint density at radius 3 is 1.56 bits per heavy atom. The van der Waals surface area contributed by atoms with Gasteiger partial charge in [-0.3, -0.25) is 14.4 Å². The molecule has 11 heteroatoms. The van der Waals surface area contributed by atoms with Gasteiger partial charge in [-0.2, -0.15) is 0 Å². The topological polar surface area (TPSA) is 210 Å². The molecule has 0 heterocycles. The number of aliphatic carboxylic acids is 4. The van der Waals surface area contributed by atoms with Crippen LogP contribution < -0.4 is 0 Å². The molecule has 0 aromatic carbocycles. The summed E-state index contributed by atoms with van der Waals surface area (Å²) in [7, 11) is 0. The maximum atomic E-state index is 11.0. The van der Waals surface area contributed by atoms with Gasteiger partial charge in [0.05, 0.1) is 31.5 Å². The Kier molecular flexibility index (Phi) is 18.3. The minimum atomic E-state index is -2.74. The van der Waals surface area contributed by atoms with Crippen LogP contribution in [0.2, 0.25) is 0 Å². The molecule has 11 nitrogen and oxygen atoms in total. The molecule has 0 aliphatic heterocycles. The number of aliphatic hydroxyl groups excluding tert-OH is 2. The first-order valence-electron chi connectivity index (χ1n) is 10.8. The number of aliphatic hydroxyl groups is 3. The number of hydrogen-bond donors (Lipinski definition) is 7. The van der Waals surface area contributed by atoms with E-state index in [2.05, 4.69) is 6.92 Å². The zero-order valence-electron chi connectivity index (χ0n) is 18.6. The van der Waals surface area contributed by atoms with Crippen LogP contribution in [0.4, 0.5) is 0 Å². The van der Waals surface area contributed by atoms with Gasteiger partial charge in [-0.25, -0.2) is 4.79 Å². The monoisotopic (exact) mass is 466 g/mol. The van der Waals surface area contributed by atoms with Gasteiger partial charge in [0.15, 0.2) is 5.60 Å². The number of carboxylic acids is 4. The average molecular weight is 467 g/mol. The molecule has 0 rings (SSSR count). The lowest BCUT2D eigenvalue weighted by Crippen LogP contribution is -2.42. The summed E-state index contributed by atoms with van der Waals surface area (Å²) in [6, 6.07) is 0. The molecule has 0 saturated carbocycles. The molecule has 188 valence electrons. The van der Waals surface area contributed by atoms with Crippen molar-refractivity contribution < 1.29 is 54.9 Å². The maximum Gasteiger partial charge on any atom is 0.336 e. The maximum absolute atomic E-state index is 11.0. The van der Waals surface area contributed by atoms with Gasteiger partial charge in [-0.1, -0.05) is 58.3 Å². The molecule has 0 aliphatic rings. The Bertz CT molecular complexity index is 546. The smallest absolute Gasteiger partial charge is 0.336 e. The van der Waals surface area contributed by atoms with Gasteiger partial charge in [-0.15, -0.1) is 0 Å². The van der Waals surface area contributed by atoms with Gasteiger partial charge in [0, 0.05) is 0 Å². The first-order chi connectivity index (χ1) is 14.9. The summed E-state index contributed by atoms with van der Waals surface area (Å²) in [5.41, 5.74) is -2.74. The second-order valence-corrected chi connectivity index (χ2v) is 7.85. The summed E-state index contributed by atoms with van der Waals surface area (Å²) >= 11 is 0. The van der Waals surface area contributed by atoms with Crippen LogP contribution in [0.25, 0.3) is 0 Å². The second-order valence-electron chi connectivity index (χ2n) is 7.85. The Morgan fingerprint density at radius 2 is 1.22 bits per heavy atom. The molecule has 0 saturated heterocycles. The summed E-state index contributed by atoms with van der Waals surface area (Å²) in [6.45, 7) is 1.84. The molecule has 0 amide bonds. The van der Waals surface area contributed by atoms with Gasteiger partial charge in [-0.05, 0) is 12.8 Å². The molecule has 0 spiro atoms. The molecule has 2 unspecified atom stereocenters. The predicted molar refractivity (Wildman–Crippen MR) is 113 cm³/mol. The minimum Gasteiger partial charge on any atom is -0.481 e. The molecule has 0 radical (unpaired) electrons. The van der Waals surface area contributed by atoms with E-state index in [1.807, 2.05) is 0 Å². The highest BCUT2D eigenvalue weighted by Gasteiger charge is 2.40. The van der Waals surface area contributed by atoms with Crippen LogP contribution in [0.5, 0.6) is 0 Å².